The second kappa shape index (κ2) is 8.73. The number of rotatable bonds is 6. The van der Waals surface area contributed by atoms with Gasteiger partial charge in [0.25, 0.3) is 5.91 Å². The van der Waals surface area contributed by atoms with Crippen LogP contribution in [0.5, 0.6) is 5.75 Å². The van der Waals surface area contributed by atoms with Crippen LogP contribution in [-0.2, 0) is 6.54 Å². The van der Waals surface area contributed by atoms with Gasteiger partial charge in [0.1, 0.15) is 16.5 Å². The molecule has 0 aliphatic rings. The monoisotopic (exact) mass is 341 g/mol. The van der Waals surface area contributed by atoms with Crippen LogP contribution in [-0.4, -0.2) is 17.5 Å². The van der Waals surface area contributed by atoms with Crippen molar-refractivity contribution in [2.24, 2.45) is 5.73 Å². The second-order valence-electron chi connectivity index (χ2n) is 4.53. The first-order valence-corrected chi connectivity index (χ1v) is 7.70. The van der Waals surface area contributed by atoms with Crippen molar-refractivity contribution in [3.8, 4) is 5.75 Å². The lowest BCUT2D eigenvalue weighted by Crippen LogP contribution is -2.27. The third kappa shape index (κ3) is 4.69. The van der Waals surface area contributed by atoms with E-state index in [1.165, 1.54) is 11.3 Å². The van der Waals surface area contributed by atoms with E-state index in [2.05, 4.69) is 10.3 Å². The van der Waals surface area contributed by atoms with Crippen LogP contribution in [0.2, 0.25) is 0 Å². The third-order valence-electron chi connectivity index (χ3n) is 2.98. The Morgan fingerprint density at radius 1 is 1.50 bits per heavy atom. The lowest BCUT2D eigenvalue weighted by atomic mass is 10.1. The molecule has 0 bridgehead atoms. The fraction of sp³-hybridized carbons (Fsp3) is 0.333. The lowest BCUT2D eigenvalue weighted by molar-refractivity contribution is 0.0935. The molecule has 2 rings (SSSR count). The van der Waals surface area contributed by atoms with E-state index >= 15 is 0 Å². The van der Waals surface area contributed by atoms with E-state index in [0.717, 1.165) is 16.3 Å². The highest BCUT2D eigenvalue weighted by Crippen LogP contribution is 2.19. The van der Waals surface area contributed by atoms with E-state index in [9.17, 15) is 4.79 Å². The van der Waals surface area contributed by atoms with E-state index in [0.29, 0.717) is 18.8 Å². The van der Waals surface area contributed by atoms with E-state index in [-0.39, 0.29) is 24.4 Å². The number of aromatic nitrogens is 1. The molecule has 1 heterocycles. The van der Waals surface area contributed by atoms with Gasteiger partial charge in [0, 0.05) is 11.9 Å². The zero-order valence-electron chi connectivity index (χ0n) is 12.5. The van der Waals surface area contributed by atoms with Crippen molar-refractivity contribution in [2.75, 3.05) is 6.61 Å². The quantitative estimate of drug-likeness (QED) is 0.846. The average Bonchev–Trinajstić information content (AvgIpc) is 2.97. The summed E-state index contributed by atoms with van der Waals surface area (Å²) in [6.07, 6.45) is 0. The standard InChI is InChI=1S/C15H19N3O2S.ClH/c1-3-20-12-6-4-5-11(7-12)10(2)17-15(19)13-9-21-14(8-16)18-13;/h4-7,9-10H,3,8,16H2,1-2H3,(H,17,19);1H. The Balaban J connectivity index is 0.00000242. The molecule has 3 N–H and O–H groups in total. The molecule has 7 heteroatoms. The molecule has 0 saturated heterocycles. The number of carbonyl (C=O) groups excluding carboxylic acids is 1. The summed E-state index contributed by atoms with van der Waals surface area (Å²) in [6, 6.07) is 7.58. The van der Waals surface area contributed by atoms with Crippen LogP contribution in [0, 0.1) is 0 Å². The topological polar surface area (TPSA) is 77.2 Å². The Morgan fingerprint density at radius 2 is 2.27 bits per heavy atom. The van der Waals surface area contributed by atoms with E-state index in [4.69, 9.17) is 10.5 Å². The first-order valence-electron chi connectivity index (χ1n) is 6.82. The molecular weight excluding hydrogens is 322 g/mol. The van der Waals surface area contributed by atoms with Crippen LogP contribution in [0.4, 0.5) is 0 Å². The lowest BCUT2D eigenvalue weighted by Gasteiger charge is -2.14. The number of nitrogens with zero attached hydrogens (tertiary/aromatic N) is 1. The molecule has 0 radical (unpaired) electrons. The largest absolute Gasteiger partial charge is 0.494 e. The number of thiazole rings is 1. The van der Waals surface area contributed by atoms with Gasteiger partial charge in [0.2, 0.25) is 0 Å². The first kappa shape index (κ1) is 18.4. The zero-order valence-corrected chi connectivity index (χ0v) is 14.2. The summed E-state index contributed by atoms with van der Waals surface area (Å²) < 4.78 is 5.47. The number of nitrogens with two attached hydrogens (primary N) is 1. The van der Waals surface area contributed by atoms with Gasteiger partial charge in [-0.3, -0.25) is 4.79 Å². The average molecular weight is 342 g/mol. The molecule has 1 unspecified atom stereocenters. The summed E-state index contributed by atoms with van der Waals surface area (Å²) in [4.78, 5) is 16.3. The fourth-order valence-corrected chi connectivity index (χ4v) is 2.56. The highest BCUT2D eigenvalue weighted by Gasteiger charge is 2.14. The maximum atomic E-state index is 12.1. The van der Waals surface area contributed by atoms with Crippen molar-refractivity contribution in [1.82, 2.24) is 10.3 Å². The van der Waals surface area contributed by atoms with Crippen LogP contribution in [0.15, 0.2) is 29.6 Å². The van der Waals surface area contributed by atoms with Crippen molar-refractivity contribution < 1.29 is 9.53 Å². The van der Waals surface area contributed by atoms with Crippen LogP contribution in [0.25, 0.3) is 0 Å². The second-order valence-corrected chi connectivity index (χ2v) is 5.47. The summed E-state index contributed by atoms with van der Waals surface area (Å²) in [5.74, 6) is 0.607. The van der Waals surface area contributed by atoms with Crippen LogP contribution in [0.1, 0.15) is 40.9 Å². The van der Waals surface area contributed by atoms with Crippen LogP contribution >= 0.6 is 23.7 Å². The van der Waals surface area contributed by atoms with Gasteiger partial charge >= 0.3 is 0 Å². The number of ether oxygens (including phenoxy) is 1. The Morgan fingerprint density at radius 3 is 2.91 bits per heavy atom. The van der Waals surface area contributed by atoms with Gasteiger partial charge < -0.3 is 15.8 Å². The molecule has 120 valence electrons. The number of hydrogen-bond acceptors (Lipinski definition) is 5. The maximum Gasteiger partial charge on any atom is 0.271 e. The minimum absolute atomic E-state index is 0. The van der Waals surface area contributed by atoms with Gasteiger partial charge in [-0.15, -0.1) is 23.7 Å². The summed E-state index contributed by atoms with van der Waals surface area (Å²) in [5, 5.41) is 5.41. The van der Waals surface area contributed by atoms with Crippen molar-refractivity contribution in [2.45, 2.75) is 26.4 Å². The highest BCUT2D eigenvalue weighted by molar-refractivity contribution is 7.09. The van der Waals surface area contributed by atoms with Crippen LogP contribution < -0.4 is 15.8 Å². The molecule has 5 nitrogen and oxygen atoms in total. The summed E-state index contributed by atoms with van der Waals surface area (Å²) in [6.45, 7) is 4.84. The van der Waals surface area contributed by atoms with E-state index < -0.39 is 0 Å². The Bertz CT molecular complexity index is 618. The van der Waals surface area contributed by atoms with Crippen LogP contribution in [0.3, 0.4) is 0 Å². The smallest absolute Gasteiger partial charge is 0.271 e. The Kier molecular flexibility index (Phi) is 7.31. The highest BCUT2D eigenvalue weighted by atomic mass is 35.5. The molecule has 22 heavy (non-hydrogen) atoms. The molecule has 2 aromatic rings. The van der Waals surface area contributed by atoms with Gasteiger partial charge in [-0.25, -0.2) is 4.98 Å². The molecule has 0 saturated carbocycles. The minimum atomic E-state index is -0.194. The van der Waals surface area contributed by atoms with E-state index in [1.54, 1.807) is 5.38 Å². The molecule has 1 atom stereocenters. The van der Waals surface area contributed by atoms with Crippen molar-refractivity contribution in [1.29, 1.82) is 0 Å². The normalized spacial score (nSPS) is 11.4. The SMILES string of the molecule is CCOc1cccc(C(C)NC(=O)c2csc(CN)n2)c1.Cl. The molecule has 0 aliphatic heterocycles. The molecule has 0 fully saturated rings. The fourth-order valence-electron chi connectivity index (χ4n) is 1.90. The third-order valence-corrected chi connectivity index (χ3v) is 3.85. The van der Waals surface area contributed by atoms with Crippen molar-refractivity contribution in [3.05, 3.63) is 45.9 Å². The van der Waals surface area contributed by atoms with E-state index in [1.807, 2.05) is 38.1 Å². The molecule has 1 aromatic heterocycles. The summed E-state index contributed by atoms with van der Waals surface area (Å²) in [7, 11) is 0. The predicted octanol–water partition coefficient (Wildman–Crippen LogP) is 2.91. The van der Waals surface area contributed by atoms with Gasteiger partial charge in [0.15, 0.2) is 0 Å². The molecule has 1 aromatic carbocycles. The Labute approximate surface area is 140 Å². The maximum absolute atomic E-state index is 12.1. The molecule has 0 aliphatic carbocycles. The number of amides is 1. The van der Waals surface area contributed by atoms with Gasteiger partial charge in [-0.2, -0.15) is 0 Å². The number of benzene rings is 1. The Hall–Kier alpha value is -1.63. The summed E-state index contributed by atoms with van der Waals surface area (Å²) >= 11 is 1.39. The minimum Gasteiger partial charge on any atom is -0.494 e. The molecule has 1 amide bonds. The van der Waals surface area contributed by atoms with Gasteiger partial charge in [0.05, 0.1) is 12.6 Å². The number of carbonyl (C=O) groups is 1. The van der Waals surface area contributed by atoms with Gasteiger partial charge in [-0.1, -0.05) is 12.1 Å². The van der Waals surface area contributed by atoms with Crippen molar-refractivity contribution >= 4 is 29.7 Å². The first-order chi connectivity index (χ1) is 10.1. The number of nitrogens with one attached hydrogen (secondary N) is 1. The number of halogens is 1. The molecular formula is C15H20ClN3O2S. The summed E-state index contributed by atoms with van der Waals surface area (Å²) in [5.41, 5.74) is 6.90. The number of hydrogen-bond donors (Lipinski definition) is 2. The zero-order chi connectivity index (χ0) is 15.2. The molecule has 0 spiro atoms. The van der Waals surface area contributed by atoms with Gasteiger partial charge in [-0.05, 0) is 31.5 Å². The van der Waals surface area contributed by atoms with Crippen molar-refractivity contribution in [3.63, 3.8) is 0 Å². The predicted molar refractivity (Wildman–Crippen MR) is 90.7 cm³/mol.